The molecule has 0 saturated carbocycles. The van der Waals surface area contributed by atoms with Crippen molar-refractivity contribution < 1.29 is 0 Å². The van der Waals surface area contributed by atoms with Crippen molar-refractivity contribution in [2.24, 2.45) is 11.7 Å². The summed E-state index contributed by atoms with van der Waals surface area (Å²) in [6.07, 6.45) is 26.7. The van der Waals surface area contributed by atoms with Crippen LogP contribution in [-0.4, -0.2) is 6.04 Å². The minimum atomic E-state index is 0. The number of halogens is 1. The van der Waals surface area contributed by atoms with Crippen molar-refractivity contribution in [3.05, 3.63) is 0 Å². The molecule has 0 bridgehead atoms. The molecule has 0 radical (unpaired) electrons. The fourth-order valence-corrected chi connectivity index (χ4v) is 3.99. The van der Waals surface area contributed by atoms with Crippen molar-refractivity contribution >= 4 is 12.4 Å². The minimum absolute atomic E-state index is 0. The molecule has 1 atom stereocenters. The van der Waals surface area contributed by atoms with Gasteiger partial charge in [-0.15, -0.1) is 12.4 Å². The quantitative estimate of drug-likeness (QED) is 0.207. The number of unbranched alkanes of at least 4 members (excludes halogenated alkanes) is 14. The first-order valence-electron chi connectivity index (χ1n) is 12.0. The maximum absolute atomic E-state index is 6.41. The Hall–Kier alpha value is 0.250. The van der Waals surface area contributed by atoms with Gasteiger partial charge >= 0.3 is 0 Å². The highest BCUT2D eigenvalue weighted by Gasteiger charge is 2.15. The van der Waals surface area contributed by atoms with Crippen LogP contribution in [0.4, 0.5) is 0 Å². The normalized spacial score (nSPS) is 12.3. The molecule has 0 aromatic heterocycles. The third kappa shape index (κ3) is 19.0. The van der Waals surface area contributed by atoms with E-state index in [1.54, 1.807) is 0 Å². The zero-order chi connectivity index (χ0) is 18.6. The first-order chi connectivity index (χ1) is 12.3. The van der Waals surface area contributed by atoms with Gasteiger partial charge in [-0.25, -0.2) is 0 Å². The Morgan fingerprint density at radius 3 is 1.12 bits per heavy atom. The molecular weight excluding hydrogens is 338 g/mol. The maximum atomic E-state index is 6.41. The first kappa shape index (κ1) is 28.5. The van der Waals surface area contributed by atoms with Crippen molar-refractivity contribution in [1.82, 2.24) is 0 Å². The van der Waals surface area contributed by atoms with E-state index in [4.69, 9.17) is 5.73 Å². The Balaban J connectivity index is 0. The smallest absolute Gasteiger partial charge is 0.00645 e. The number of hydrogen-bond donors (Lipinski definition) is 1. The maximum Gasteiger partial charge on any atom is 0.00645 e. The van der Waals surface area contributed by atoms with Crippen molar-refractivity contribution in [2.45, 2.75) is 149 Å². The second-order valence-corrected chi connectivity index (χ2v) is 8.36. The summed E-state index contributed by atoms with van der Waals surface area (Å²) in [4.78, 5) is 0. The molecule has 0 heterocycles. The molecule has 0 aliphatic carbocycles. The SMILES string of the molecule is CCCCCCCCCCC(CCCCCCCCCC)C(N)CC.Cl. The molecule has 0 saturated heterocycles. The fraction of sp³-hybridized carbons (Fsp3) is 1.00. The lowest BCUT2D eigenvalue weighted by atomic mass is 9.87. The highest BCUT2D eigenvalue weighted by Crippen LogP contribution is 2.23. The van der Waals surface area contributed by atoms with Gasteiger partial charge in [0.25, 0.3) is 0 Å². The molecule has 0 spiro atoms. The fourth-order valence-electron chi connectivity index (χ4n) is 3.99. The summed E-state index contributed by atoms with van der Waals surface area (Å²) in [5.74, 6) is 0.783. The largest absolute Gasteiger partial charge is 0.327 e. The van der Waals surface area contributed by atoms with E-state index in [9.17, 15) is 0 Å². The molecule has 0 aliphatic heterocycles. The molecule has 26 heavy (non-hydrogen) atoms. The van der Waals surface area contributed by atoms with Gasteiger partial charge in [0.1, 0.15) is 0 Å². The minimum Gasteiger partial charge on any atom is -0.327 e. The van der Waals surface area contributed by atoms with E-state index < -0.39 is 0 Å². The molecule has 0 aliphatic rings. The van der Waals surface area contributed by atoms with Crippen LogP contribution in [-0.2, 0) is 0 Å². The third-order valence-corrected chi connectivity index (χ3v) is 5.93. The first-order valence-corrected chi connectivity index (χ1v) is 12.0. The van der Waals surface area contributed by atoms with Crippen LogP contribution in [0.25, 0.3) is 0 Å². The summed E-state index contributed by atoms with van der Waals surface area (Å²) in [7, 11) is 0. The Bertz CT molecular complexity index is 224. The highest BCUT2D eigenvalue weighted by atomic mass is 35.5. The molecule has 0 aromatic carbocycles. The van der Waals surface area contributed by atoms with E-state index in [1.807, 2.05) is 0 Å². The van der Waals surface area contributed by atoms with E-state index in [2.05, 4.69) is 20.8 Å². The van der Waals surface area contributed by atoms with Gasteiger partial charge in [0, 0.05) is 6.04 Å². The van der Waals surface area contributed by atoms with Gasteiger partial charge in [-0.3, -0.25) is 0 Å². The topological polar surface area (TPSA) is 26.0 Å². The second kappa shape index (κ2) is 23.3. The zero-order valence-electron chi connectivity index (χ0n) is 18.6. The molecule has 160 valence electrons. The average molecular weight is 390 g/mol. The molecule has 2 heteroatoms. The van der Waals surface area contributed by atoms with Gasteiger partial charge in [-0.1, -0.05) is 124 Å². The predicted molar refractivity (Wildman–Crippen MR) is 123 cm³/mol. The van der Waals surface area contributed by atoms with Crippen LogP contribution in [0.3, 0.4) is 0 Å². The van der Waals surface area contributed by atoms with Crippen LogP contribution in [0.2, 0.25) is 0 Å². The molecule has 1 nitrogen and oxygen atoms in total. The van der Waals surface area contributed by atoms with Crippen LogP contribution in [0.5, 0.6) is 0 Å². The van der Waals surface area contributed by atoms with Gasteiger partial charge in [-0.2, -0.15) is 0 Å². The Labute approximate surface area is 173 Å². The standard InChI is InChI=1S/C24H51N.ClH/c1-4-7-9-11-13-15-17-19-21-23(24(25)6-3)22-20-18-16-14-12-10-8-5-2;/h23-24H,4-22,25H2,1-3H3;1H. The van der Waals surface area contributed by atoms with E-state index in [0.717, 1.165) is 12.3 Å². The third-order valence-electron chi connectivity index (χ3n) is 5.93. The van der Waals surface area contributed by atoms with Gasteiger partial charge in [0.2, 0.25) is 0 Å². The van der Waals surface area contributed by atoms with E-state index >= 15 is 0 Å². The molecule has 0 fully saturated rings. The molecule has 2 N–H and O–H groups in total. The molecule has 1 unspecified atom stereocenters. The molecule has 0 rings (SSSR count). The van der Waals surface area contributed by atoms with Crippen LogP contribution in [0.15, 0.2) is 0 Å². The van der Waals surface area contributed by atoms with Crippen LogP contribution in [0.1, 0.15) is 143 Å². The van der Waals surface area contributed by atoms with Crippen molar-refractivity contribution in [1.29, 1.82) is 0 Å². The van der Waals surface area contributed by atoms with Crippen LogP contribution < -0.4 is 5.73 Å². The van der Waals surface area contributed by atoms with Gasteiger partial charge in [0.05, 0.1) is 0 Å². The number of nitrogens with two attached hydrogens (primary N) is 1. The predicted octanol–water partition coefficient (Wildman–Crippen LogP) is 8.82. The van der Waals surface area contributed by atoms with Crippen LogP contribution in [0, 0.1) is 5.92 Å². The van der Waals surface area contributed by atoms with Crippen LogP contribution >= 0.6 is 12.4 Å². The number of hydrogen-bond acceptors (Lipinski definition) is 1. The average Bonchev–Trinajstić information content (AvgIpc) is 2.63. The highest BCUT2D eigenvalue weighted by molar-refractivity contribution is 5.85. The molecule has 0 amide bonds. The summed E-state index contributed by atoms with van der Waals surface area (Å²) in [6.45, 7) is 6.85. The summed E-state index contributed by atoms with van der Waals surface area (Å²) in [6, 6.07) is 0.439. The molecule has 0 aromatic rings. The van der Waals surface area contributed by atoms with Gasteiger partial charge < -0.3 is 5.73 Å². The van der Waals surface area contributed by atoms with E-state index in [-0.39, 0.29) is 12.4 Å². The Kier molecular flexibility index (Phi) is 25.5. The molecular formula is C24H52ClN. The summed E-state index contributed by atoms with van der Waals surface area (Å²) in [5, 5.41) is 0. The summed E-state index contributed by atoms with van der Waals surface area (Å²) >= 11 is 0. The lowest BCUT2D eigenvalue weighted by molar-refractivity contribution is 0.334. The van der Waals surface area contributed by atoms with Crippen molar-refractivity contribution in [2.75, 3.05) is 0 Å². The van der Waals surface area contributed by atoms with Gasteiger partial charge in [0.15, 0.2) is 0 Å². The monoisotopic (exact) mass is 389 g/mol. The lowest BCUT2D eigenvalue weighted by Gasteiger charge is -2.23. The number of rotatable bonds is 20. The Morgan fingerprint density at radius 2 is 0.808 bits per heavy atom. The van der Waals surface area contributed by atoms with E-state index in [1.165, 1.54) is 116 Å². The van der Waals surface area contributed by atoms with Crippen molar-refractivity contribution in [3.8, 4) is 0 Å². The summed E-state index contributed by atoms with van der Waals surface area (Å²) < 4.78 is 0. The van der Waals surface area contributed by atoms with Crippen molar-refractivity contribution in [3.63, 3.8) is 0 Å². The Morgan fingerprint density at radius 1 is 0.500 bits per heavy atom. The lowest BCUT2D eigenvalue weighted by Crippen LogP contribution is -2.29. The van der Waals surface area contributed by atoms with Gasteiger partial charge in [-0.05, 0) is 25.2 Å². The summed E-state index contributed by atoms with van der Waals surface area (Å²) in [5.41, 5.74) is 6.41. The second-order valence-electron chi connectivity index (χ2n) is 8.36. The van der Waals surface area contributed by atoms with E-state index in [0.29, 0.717) is 6.04 Å². The zero-order valence-corrected chi connectivity index (χ0v) is 19.4.